The molecule has 1 aromatic heterocycles. The molecule has 0 aromatic carbocycles. The van der Waals surface area contributed by atoms with Crippen LogP contribution in [0.15, 0.2) is 23.1 Å². The summed E-state index contributed by atoms with van der Waals surface area (Å²) in [6, 6.07) is 3.21. The van der Waals surface area contributed by atoms with E-state index in [1.165, 1.54) is 13.2 Å². The number of nitrogens with one attached hydrogen (secondary N) is 1. The van der Waals surface area contributed by atoms with E-state index in [9.17, 15) is 9.59 Å². The van der Waals surface area contributed by atoms with Gasteiger partial charge in [0.15, 0.2) is 0 Å². The van der Waals surface area contributed by atoms with Gasteiger partial charge in [-0.15, -0.1) is 0 Å². The summed E-state index contributed by atoms with van der Waals surface area (Å²) in [6.07, 6.45) is 3.57. The highest BCUT2D eigenvalue weighted by Gasteiger charge is 2.16. The molecule has 0 atom stereocenters. The van der Waals surface area contributed by atoms with Gasteiger partial charge in [0.1, 0.15) is 0 Å². The van der Waals surface area contributed by atoms with E-state index < -0.39 is 5.97 Å². The Morgan fingerprint density at radius 2 is 2.18 bits per heavy atom. The van der Waals surface area contributed by atoms with Gasteiger partial charge in [-0.3, -0.25) is 4.79 Å². The third kappa shape index (κ3) is 2.55. The van der Waals surface area contributed by atoms with Gasteiger partial charge in [-0.05, 0) is 32.0 Å². The Morgan fingerprint density at radius 1 is 1.47 bits per heavy atom. The molecule has 1 aromatic rings. The van der Waals surface area contributed by atoms with Gasteiger partial charge in [0.25, 0.3) is 5.56 Å². The molecule has 0 amide bonds. The minimum absolute atomic E-state index is 0.139. The quantitative estimate of drug-likeness (QED) is 0.762. The molecular weight excluding hydrogens is 220 g/mol. The van der Waals surface area contributed by atoms with E-state index in [1.807, 2.05) is 0 Å². The average molecular weight is 236 g/mol. The highest BCUT2D eigenvalue weighted by atomic mass is 16.5. The summed E-state index contributed by atoms with van der Waals surface area (Å²) in [5.41, 5.74) is 0.169. The molecule has 1 N–H and O–H groups in total. The van der Waals surface area contributed by atoms with Crippen LogP contribution in [0.25, 0.3) is 0 Å². The maximum atomic E-state index is 11.9. The lowest BCUT2D eigenvalue weighted by atomic mass is 10.1. The Morgan fingerprint density at radius 3 is 2.76 bits per heavy atom. The van der Waals surface area contributed by atoms with Gasteiger partial charge in [-0.2, -0.15) is 0 Å². The Labute approximate surface area is 99.4 Å². The first-order chi connectivity index (χ1) is 8.22. The lowest BCUT2D eigenvalue weighted by Crippen LogP contribution is -2.34. The third-order valence-corrected chi connectivity index (χ3v) is 3.07. The number of esters is 1. The van der Waals surface area contributed by atoms with Crippen LogP contribution in [0.2, 0.25) is 0 Å². The van der Waals surface area contributed by atoms with E-state index in [1.54, 1.807) is 16.8 Å². The monoisotopic (exact) mass is 236 g/mol. The zero-order valence-electron chi connectivity index (χ0n) is 9.81. The zero-order chi connectivity index (χ0) is 12.3. The molecule has 5 nitrogen and oxygen atoms in total. The number of rotatable bonds is 2. The van der Waals surface area contributed by atoms with Gasteiger partial charge >= 0.3 is 5.97 Å². The number of carbonyl (C=O) groups excluding carboxylic acids is 1. The van der Waals surface area contributed by atoms with Crippen LogP contribution in [0, 0.1) is 0 Å². The summed E-state index contributed by atoms with van der Waals surface area (Å²) in [6.45, 7) is 1.85. The standard InChI is InChI=1S/C12H16N2O3/c1-17-12(16)9-4-7-14(11(15)8-9)10-2-5-13-6-3-10/h4,7-8,10,13H,2-3,5-6H2,1H3. The predicted octanol–water partition coefficient (Wildman–Crippen LogP) is 0.559. The van der Waals surface area contributed by atoms with Crippen molar-refractivity contribution in [1.82, 2.24) is 9.88 Å². The fraction of sp³-hybridized carbons (Fsp3) is 0.500. The summed E-state index contributed by atoms with van der Waals surface area (Å²) in [5.74, 6) is -0.473. The highest BCUT2D eigenvalue weighted by Crippen LogP contribution is 2.16. The maximum Gasteiger partial charge on any atom is 0.338 e. The number of piperidine rings is 1. The summed E-state index contributed by atoms with van der Waals surface area (Å²) < 4.78 is 6.28. The van der Waals surface area contributed by atoms with Gasteiger partial charge in [0, 0.05) is 18.3 Å². The van der Waals surface area contributed by atoms with Crippen molar-refractivity contribution in [2.75, 3.05) is 20.2 Å². The van der Waals surface area contributed by atoms with E-state index in [2.05, 4.69) is 10.1 Å². The van der Waals surface area contributed by atoms with Crippen molar-refractivity contribution in [3.05, 3.63) is 34.2 Å². The molecule has 1 saturated heterocycles. The van der Waals surface area contributed by atoms with E-state index in [0.717, 1.165) is 25.9 Å². The number of methoxy groups -OCH3 is 1. The molecule has 92 valence electrons. The number of carbonyl (C=O) groups is 1. The van der Waals surface area contributed by atoms with Gasteiger partial charge in [0.05, 0.1) is 12.7 Å². The van der Waals surface area contributed by atoms with Crippen LogP contribution < -0.4 is 10.9 Å². The van der Waals surface area contributed by atoms with Crippen LogP contribution in [-0.4, -0.2) is 30.7 Å². The van der Waals surface area contributed by atoms with Crippen LogP contribution >= 0.6 is 0 Å². The fourth-order valence-electron chi connectivity index (χ4n) is 2.12. The van der Waals surface area contributed by atoms with E-state index in [-0.39, 0.29) is 11.6 Å². The summed E-state index contributed by atoms with van der Waals surface area (Å²) in [7, 11) is 1.31. The van der Waals surface area contributed by atoms with Crippen molar-refractivity contribution >= 4 is 5.97 Å². The van der Waals surface area contributed by atoms with Gasteiger partial charge < -0.3 is 14.6 Å². The summed E-state index contributed by atoms with van der Waals surface area (Å²) >= 11 is 0. The Balaban J connectivity index is 2.25. The first-order valence-electron chi connectivity index (χ1n) is 5.73. The molecule has 0 bridgehead atoms. The number of nitrogens with zero attached hydrogens (tertiary/aromatic N) is 1. The Bertz CT molecular complexity index is 461. The number of hydrogen-bond acceptors (Lipinski definition) is 4. The topological polar surface area (TPSA) is 60.3 Å². The number of hydrogen-bond donors (Lipinski definition) is 1. The average Bonchev–Trinajstić information content (AvgIpc) is 2.38. The normalized spacial score (nSPS) is 16.8. The van der Waals surface area contributed by atoms with Crippen molar-refractivity contribution in [2.24, 2.45) is 0 Å². The molecule has 1 aliphatic heterocycles. The molecule has 0 aliphatic carbocycles. The first-order valence-corrected chi connectivity index (χ1v) is 5.73. The molecule has 1 fully saturated rings. The van der Waals surface area contributed by atoms with Gasteiger partial charge in [0.2, 0.25) is 0 Å². The van der Waals surface area contributed by atoms with Gasteiger partial charge in [-0.25, -0.2) is 4.79 Å². The molecule has 0 spiro atoms. The van der Waals surface area contributed by atoms with Crippen molar-refractivity contribution in [3.63, 3.8) is 0 Å². The van der Waals surface area contributed by atoms with Crippen LogP contribution in [0.4, 0.5) is 0 Å². The molecule has 0 unspecified atom stereocenters. The maximum absolute atomic E-state index is 11.9. The summed E-state index contributed by atoms with van der Waals surface area (Å²) in [5, 5.41) is 3.25. The molecule has 5 heteroatoms. The van der Waals surface area contributed by atoms with Crippen molar-refractivity contribution in [2.45, 2.75) is 18.9 Å². The summed E-state index contributed by atoms with van der Waals surface area (Å²) in [4.78, 5) is 23.2. The second-order valence-electron chi connectivity index (χ2n) is 4.13. The number of aromatic nitrogens is 1. The van der Waals surface area contributed by atoms with Crippen LogP contribution in [0.3, 0.4) is 0 Å². The van der Waals surface area contributed by atoms with Crippen LogP contribution in [0.5, 0.6) is 0 Å². The second kappa shape index (κ2) is 5.14. The smallest absolute Gasteiger partial charge is 0.338 e. The van der Waals surface area contributed by atoms with Crippen molar-refractivity contribution in [1.29, 1.82) is 0 Å². The van der Waals surface area contributed by atoms with Gasteiger partial charge in [-0.1, -0.05) is 0 Å². The zero-order valence-corrected chi connectivity index (χ0v) is 9.81. The van der Waals surface area contributed by atoms with E-state index in [0.29, 0.717) is 5.56 Å². The molecule has 1 aliphatic rings. The predicted molar refractivity (Wildman–Crippen MR) is 63.2 cm³/mol. The minimum Gasteiger partial charge on any atom is -0.465 e. The first kappa shape index (κ1) is 11.9. The van der Waals surface area contributed by atoms with E-state index >= 15 is 0 Å². The Hall–Kier alpha value is -1.62. The van der Waals surface area contributed by atoms with E-state index in [4.69, 9.17) is 0 Å². The molecule has 2 heterocycles. The lowest BCUT2D eigenvalue weighted by Gasteiger charge is -2.24. The minimum atomic E-state index is -0.473. The number of pyridine rings is 1. The SMILES string of the molecule is COC(=O)c1ccn(C2CCNCC2)c(=O)c1. The molecule has 0 saturated carbocycles. The lowest BCUT2D eigenvalue weighted by molar-refractivity contribution is 0.0600. The molecule has 2 rings (SSSR count). The van der Waals surface area contributed by atoms with Crippen LogP contribution in [-0.2, 0) is 4.74 Å². The second-order valence-corrected chi connectivity index (χ2v) is 4.13. The molecular formula is C12H16N2O3. The highest BCUT2D eigenvalue weighted by molar-refractivity contribution is 5.88. The molecule has 0 radical (unpaired) electrons. The Kier molecular flexibility index (Phi) is 3.58. The fourth-order valence-corrected chi connectivity index (χ4v) is 2.12. The van der Waals surface area contributed by atoms with Crippen molar-refractivity contribution in [3.8, 4) is 0 Å². The van der Waals surface area contributed by atoms with Crippen LogP contribution in [0.1, 0.15) is 29.2 Å². The van der Waals surface area contributed by atoms with Crippen molar-refractivity contribution < 1.29 is 9.53 Å². The third-order valence-electron chi connectivity index (χ3n) is 3.07. The molecule has 17 heavy (non-hydrogen) atoms. The number of ether oxygens (including phenoxy) is 1. The largest absolute Gasteiger partial charge is 0.465 e.